The van der Waals surface area contributed by atoms with Crippen LogP contribution in [0, 0.1) is 11.8 Å². The third-order valence-electron chi connectivity index (χ3n) is 6.22. The van der Waals surface area contributed by atoms with E-state index in [1.165, 1.54) is 0 Å². The van der Waals surface area contributed by atoms with Gasteiger partial charge in [-0.3, -0.25) is 9.69 Å². The summed E-state index contributed by atoms with van der Waals surface area (Å²) in [6.07, 6.45) is 1.62. The third-order valence-corrected chi connectivity index (χ3v) is 6.22. The van der Waals surface area contributed by atoms with Crippen molar-refractivity contribution in [3.8, 4) is 5.75 Å². The van der Waals surface area contributed by atoms with E-state index >= 15 is 0 Å². The summed E-state index contributed by atoms with van der Waals surface area (Å²) in [6.45, 7) is 4.01. The van der Waals surface area contributed by atoms with Crippen molar-refractivity contribution in [2.24, 2.45) is 17.6 Å². The Kier molecular flexibility index (Phi) is 5.36. The fourth-order valence-corrected chi connectivity index (χ4v) is 4.87. The van der Waals surface area contributed by atoms with Gasteiger partial charge in [-0.25, -0.2) is 0 Å². The Labute approximate surface area is 159 Å². The minimum absolute atomic E-state index is 0.100. The summed E-state index contributed by atoms with van der Waals surface area (Å²) in [6, 6.07) is 8.07. The lowest BCUT2D eigenvalue weighted by Gasteiger charge is -2.57. The molecule has 148 valence electrons. The van der Waals surface area contributed by atoms with Crippen molar-refractivity contribution in [3.05, 3.63) is 29.8 Å². The van der Waals surface area contributed by atoms with Crippen LogP contribution in [-0.2, 0) is 20.8 Å². The molecule has 0 saturated carbocycles. The number of nitrogens with two attached hydrogens (primary N) is 1. The summed E-state index contributed by atoms with van der Waals surface area (Å²) < 4.78 is 16.8. The van der Waals surface area contributed by atoms with E-state index in [0.717, 1.165) is 31.7 Å². The van der Waals surface area contributed by atoms with E-state index < -0.39 is 11.5 Å². The molecule has 3 N–H and O–H groups in total. The number of benzene rings is 1. The Balaban J connectivity index is 1.51. The van der Waals surface area contributed by atoms with E-state index in [9.17, 15) is 9.90 Å². The van der Waals surface area contributed by atoms with Crippen LogP contribution in [0.15, 0.2) is 24.3 Å². The molecule has 1 amide bonds. The highest BCUT2D eigenvalue weighted by Gasteiger charge is 2.55. The number of ether oxygens (including phenoxy) is 3. The fourth-order valence-electron chi connectivity index (χ4n) is 4.87. The van der Waals surface area contributed by atoms with Crippen molar-refractivity contribution in [1.82, 2.24) is 4.90 Å². The number of rotatable bonds is 5. The maximum atomic E-state index is 11.4. The molecule has 7 nitrogen and oxygen atoms in total. The molecule has 0 aliphatic carbocycles. The van der Waals surface area contributed by atoms with Gasteiger partial charge in [0.05, 0.1) is 18.8 Å². The lowest BCUT2D eigenvalue weighted by Crippen LogP contribution is -2.67. The highest BCUT2D eigenvalue weighted by Crippen LogP contribution is 2.44. The van der Waals surface area contributed by atoms with Gasteiger partial charge in [-0.2, -0.15) is 0 Å². The number of amides is 1. The predicted molar refractivity (Wildman–Crippen MR) is 98.1 cm³/mol. The molecule has 1 aromatic rings. The second-order valence-electron chi connectivity index (χ2n) is 7.88. The molecule has 4 rings (SSSR count). The van der Waals surface area contributed by atoms with Crippen LogP contribution in [0.5, 0.6) is 5.75 Å². The fraction of sp³-hybridized carbons (Fsp3) is 0.650. The van der Waals surface area contributed by atoms with Crippen LogP contribution in [0.2, 0.25) is 0 Å². The van der Waals surface area contributed by atoms with E-state index in [-0.39, 0.29) is 18.4 Å². The van der Waals surface area contributed by atoms with Crippen LogP contribution in [0.1, 0.15) is 18.4 Å². The third kappa shape index (κ3) is 3.82. The number of piperidine rings is 1. The summed E-state index contributed by atoms with van der Waals surface area (Å²) in [7, 11) is 0. The highest BCUT2D eigenvalue weighted by atomic mass is 16.5. The van der Waals surface area contributed by atoms with Gasteiger partial charge in [0.1, 0.15) is 5.75 Å². The van der Waals surface area contributed by atoms with Crippen molar-refractivity contribution in [1.29, 1.82) is 0 Å². The maximum Gasteiger partial charge on any atom is 0.255 e. The molecule has 3 aliphatic heterocycles. The Morgan fingerprint density at radius 2 is 2.19 bits per heavy atom. The summed E-state index contributed by atoms with van der Waals surface area (Å²) in [5, 5.41) is 11.4. The van der Waals surface area contributed by atoms with Crippen molar-refractivity contribution in [3.63, 3.8) is 0 Å². The van der Waals surface area contributed by atoms with Crippen LogP contribution in [0.25, 0.3) is 0 Å². The van der Waals surface area contributed by atoms with Crippen LogP contribution >= 0.6 is 0 Å². The molecule has 0 bridgehead atoms. The van der Waals surface area contributed by atoms with Crippen molar-refractivity contribution < 1.29 is 24.1 Å². The van der Waals surface area contributed by atoms with E-state index in [4.69, 9.17) is 19.9 Å². The summed E-state index contributed by atoms with van der Waals surface area (Å²) in [5.41, 5.74) is 5.58. The molecule has 27 heavy (non-hydrogen) atoms. The van der Waals surface area contributed by atoms with Gasteiger partial charge in [0, 0.05) is 50.6 Å². The second kappa shape index (κ2) is 7.75. The predicted octanol–water partition coefficient (Wildman–Crippen LogP) is 0.539. The van der Waals surface area contributed by atoms with Crippen LogP contribution in [0.3, 0.4) is 0 Å². The molecule has 0 unspecified atom stereocenters. The van der Waals surface area contributed by atoms with Crippen molar-refractivity contribution in [2.45, 2.75) is 31.0 Å². The average Bonchev–Trinajstić information content (AvgIpc) is 2.67. The van der Waals surface area contributed by atoms with Gasteiger partial charge in [-0.15, -0.1) is 0 Å². The van der Waals surface area contributed by atoms with Gasteiger partial charge in [0.25, 0.3) is 5.91 Å². The smallest absolute Gasteiger partial charge is 0.255 e. The van der Waals surface area contributed by atoms with E-state index in [1.807, 2.05) is 18.2 Å². The summed E-state index contributed by atoms with van der Waals surface area (Å²) >= 11 is 0. The van der Waals surface area contributed by atoms with Crippen molar-refractivity contribution >= 4 is 5.91 Å². The molecular weight excluding hydrogens is 348 g/mol. The normalized spacial score (nSPS) is 33.7. The van der Waals surface area contributed by atoms with Gasteiger partial charge in [0.2, 0.25) is 0 Å². The van der Waals surface area contributed by atoms with Crippen LogP contribution in [-0.4, -0.2) is 67.1 Å². The zero-order chi connectivity index (χ0) is 18.9. The summed E-state index contributed by atoms with van der Waals surface area (Å²) in [4.78, 5) is 13.4. The topological polar surface area (TPSA) is 94.3 Å². The van der Waals surface area contributed by atoms with Gasteiger partial charge in [-0.1, -0.05) is 12.1 Å². The first-order valence-corrected chi connectivity index (χ1v) is 9.68. The summed E-state index contributed by atoms with van der Waals surface area (Å²) in [5.74, 6) is 0.370. The Hall–Kier alpha value is -1.67. The highest BCUT2D eigenvalue weighted by molar-refractivity contribution is 5.75. The number of likely N-dealkylation sites (tertiary alicyclic amines) is 1. The maximum absolute atomic E-state index is 11.4. The molecular formula is C20H28N2O5. The number of hydrogen-bond acceptors (Lipinski definition) is 6. The molecule has 1 aromatic carbocycles. The van der Waals surface area contributed by atoms with Gasteiger partial charge in [0.15, 0.2) is 6.61 Å². The molecule has 7 heteroatoms. The molecule has 4 atom stereocenters. The van der Waals surface area contributed by atoms with Crippen LogP contribution < -0.4 is 10.5 Å². The zero-order valence-electron chi connectivity index (χ0n) is 15.5. The van der Waals surface area contributed by atoms with Gasteiger partial charge >= 0.3 is 0 Å². The standard InChI is InChI=1S/C20H28N2O5/c21-19(23)13-27-16-3-1-2-14(8-16)9-22-10-15-11-26-7-5-20(15,24)17-12-25-6-4-18(17)22/h1-3,8,15,17-18,24H,4-7,9-13H2,(H2,21,23)/t15-,17+,18-,20-/m1/s1. The molecule has 0 aromatic heterocycles. The minimum atomic E-state index is -0.688. The zero-order valence-corrected chi connectivity index (χ0v) is 15.5. The average molecular weight is 376 g/mol. The Morgan fingerprint density at radius 3 is 3.04 bits per heavy atom. The van der Waals surface area contributed by atoms with Gasteiger partial charge < -0.3 is 25.1 Å². The van der Waals surface area contributed by atoms with E-state index in [0.29, 0.717) is 38.0 Å². The first kappa shape index (κ1) is 18.7. The number of fused-ring (bicyclic) bond motifs is 3. The van der Waals surface area contributed by atoms with E-state index in [2.05, 4.69) is 11.0 Å². The van der Waals surface area contributed by atoms with E-state index in [1.54, 1.807) is 0 Å². The lowest BCUT2D eigenvalue weighted by atomic mass is 9.66. The molecule has 0 spiro atoms. The van der Waals surface area contributed by atoms with Crippen LogP contribution in [0.4, 0.5) is 0 Å². The largest absolute Gasteiger partial charge is 0.484 e. The second-order valence-corrected chi connectivity index (χ2v) is 7.88. The first-order valence-electron chi connectivity index (χ1n) is 9.68. The Bertz CT molecular complexity index is 684. The number of hydrogen-bond donors (Lipinski definition) is 2. The monoisotopic (exact) mass is 376 g/mol. The quantitative estimate of drug-likeness (QED) is 0.779. The SMILES string of the molecule is NC(=O)COc1cccc(CN2C[C@@H]3COCC[C@]3(O)[C@H]3COCC[C@H]32)c1. The van der Waals surface area contributed by atoms with Crippen molar-refractivity contribution in [2.75, 3.05) is 39.6 Å². The molecule has 3 saturated heterocycles. The molecule has 3 fully saturated rings. The van der Waals surface area contributed by atoms with Gasteiger partial charge in [-0.05, 0) is 24.1 Å². The Morgan fingerprint density at radius 1 is 1.33 bits per heavy atom. The molecule has 3 heterocycles. The lowest BCUT2D eigenvalue weighted by molar-refractivity contribution is -0.221. The minimum Gasteiger partial charge on any atom is -0.484 e. The number of carbonyl (C=O) groups is 1. The molecule has 3 aliphatic rings. The number of aliphatic hydroxyl groups is 1. The number of nitrogens with zero attached hydrogens (tertiary/aromatic N) is 1. The number of carbonyl (C=O) groups excluding carboxylic acids is 1. The number of primary amides is 1. The molecule has 0 radical (unpaired) electrons. The first-order chi connectivity index (χ1) is 13.1.